The number of nitrogens with one attached hydrogen (secondary N) is 1. The number of likely N-dealkylation sites (N-methyl/N-ethyl adjacent to an activating group) is 3. The average Bonchev–Trinajstić information content (AvgIpc) is 2.92. The van der Waals surface area contributed by atoms with E-state index in [4.69, 9.17) is 4.18 Å². The molecule has 4 aliphatic heterocycles. The Bertz CT molecular complexity index is 3700. The van der Waals surface area contributed by atoms with Crippen LogP contribution in [0, 0.1) is 0 Å². The van der Waals surface area contributed by atoms with Crippen molar-refractivity contribution in [3.8, 4) is 0 Å². The van der Waals surface area contributed by atoms with Crippen molar-refractivity contribution >= 4 is 54.7 Å². The molecule has 6 aliphatic rings. The first-order valence-corrected chi connectivity index (χ1v) is 31.5. The lowest BCUT2D eigenvalue weighted by atomic mass is 9.81. The molecule has 0 amide bonds. The molecule has 1 N–H and O–H groups in total. The first-order valence-electron chi connectivity index (χ1n) is 28.7. The summed E-state index contributed by atoms with van der Waals surface area (Å²) in [5.41, 5.74) is 19.4. The topological polar surface area (TPSA) is 109 Å². The van der Waals surface area contributed by atoms with Gasteiger partial charge in [0.1, 0.15) is 7.05 Å². The number of allylic oxidation sites excluding steroid dienone is 15. The Hall–Kier alpha value is -6.84. The second-order valence-corrected chi connectivity index (χ2v) is 27.7. The van der Waals surface area contributed by atoms with Crippen LogP contribution in [-0.2, 0) is 46.4 Å². The number of rotatable bonds is 12. The Morgan fingerprint density at radius 1 is 0.561 bits per heavy atom. The van der Waals surface area contributed by atoms with Crippen molar-refractivity contribution in [2.75, 3.05) is 70.1 Å². The molecule has 1 fully saturated rings. The minimum Gasteiger partial charge on any atom is -0.347 e. The highest BCUT2D eigenvalue weighted by Gasteiger charge is 2.44. The zero-order valence-corrected chi connectivity index (χ0v) is 52.8. The highest BCUT2D eigenvalue weighted by atomic mass is 32.2. The zero-order chi connectivity index (χ0) is 59.5. The molecular weight excluding hydrogens is 1060 g/mol. The van der Waals surface area contributed by atoms with Crippen LogP contribution < -0.4 is 19.4 Å². The maximum atomic E-state index is 13.8. The average molecular weight is 1140 g/mol. The number of para-hydroxylation sites is 4. The quantitative estimate of drug-likeness (QED) is 0.140. The van der Waals surface area contributed by atoms with Gasteiger partial charge in [0.15, 0.2) is 12.8 Å². The lowest BCUT2D eigenvalue weighted by Crippen LogP contribution is -2.39. The van der Waals surface area contributed by atoms with Crippen molar-refractivity contribution in [1.82, 2.24) is 9.03 Å². The Kier molecular flexibility index (Phi) is 16.3. The number of fused-ring (bicyclic) bond motifs is 4. The van der Waals surface area contributed by atoms with E-state index in [0.717, 1.165) is 65.1 Å². The molecule has 0 radical (unpaired) electrons. The maximum Gasteiger partial charge on any atom is 0.442 e. The molecule has 432 valence electrons. The molecule has 4 aromatic rings. The third-order valence-corrected chi connectivity index (χ3v) is 21.2. The van der Waals surface area contributed by atoms with Crippen molar-refractivity contribution in [3.63, 3.8) is 0 Å². The van der Waals surface area contributed by atoms with E-state index in [-0.39, 0.29) is 21.7 Å². The summed E-state index contributed by atoms with van der Waals surface area (Å²) in [4.78, 5) is 6.74. The van der Waals surface area contributed by atoms with Gasteiger partial charge in [-0.15, -0.1) is 16.7 Å². The van der Waals surface area contributed by atoms with Crippen LogP contribution in [0.1, 0.15) is 117 Å². The van der Waals surface area contributed by atoms with E-state index in [1.807, 2.05) is 13.8 Å². The number of benzene rings is 4. The summed E-state index contributed by atoms with van der Waals surface area (Å²) in [7, 11) is 3.66. The summed E-state index contributed by atoms with van der Waals surface area (Å²) in [6.45, 7) is 22.6. The van der Waals surface area contributed by atoms with E-state index in [1.165, 1.54) is 71.8 Å². The van der Waals surface area contributed by atoms with Gasteiger partial charge in [-0.05, 0) is 104 Å². The van der Waals surface area contributed by atoms with E-state index >= 15 is 0 Å². The molecule has 14 heteroatoms. The molecule has 4 aromatic carbocycles. The van der Waals surface area contributed by atoms with Crippen molar-refractivity contribution in [2.45, 2.75) is 117 Å². The molecule has 82 heavy (non-hydrogen) atoms. The fourth-order valence-corrected chi connectivity index (χ4v) is 15.6. The number of hydrogen-bond donors (Lipinski definition) is 1. The van der Waals surface area contributed by atoms with Gasteiger partial charge in [-0.3, -0.25) is 8.91 Å². The molecule has 0 atom stereocenters. The lowest BCUT2D eigenvalue weighted by molar-refractivity contribution is -0.401. The summed E-state index contributed by atoms with van der Waals surface area (Å²) in [6, 6.07) is 34.0. The third kappa shape index (κ3) is 10.4. The summed E-state index contributed by atoms with van der Waals surface area (Å²) in [5.74, 6) is 0. The van der Waals surface area contributed by atoms with Crippen LogP contribution in [0.5, 0.6) is 0 Å². The van der Waals surface area contributed by atoms with E-state index in [1.54, 1.807) is 7.05 Å². The Balaban J connectivity index is 0.000000198. The third-order valence-electron chi connectivity index (χ3n) is 18.2. The molecule has 0 spiro atoms. The molecular formula is C68H85N7O5S2+2. The molecule has 2 aliphatic carbocycles. The van der Waals surface area contributed by atoms with E-state index in [9.17, 15) is 16.8 Å². The summed E-state index contributed by atoms with van der Waals surface area (Å²) in [5, 5.41) is 0. The summed E-state index contributed by atoms with van der Waals surface area (Å²) in [6.07, 6.45) is 20.1. The second-order valence-electron chi connectivity index (χ2n) is 24.3. The van der Waals surface area contributed by atoms with Crippen molar-refractivity contribution < 1.29 is 29.6 Å². The van der Waals surface area contributed by atoms with Gasteiger partial charge in [-0.1, -0.05) is 152 Å². The molecule has 0 unspecified atom stereocenters. The number of nitrogens with zero attached hydrogens (tertiary/aromatic N) is 6. The normalized spacial score (nSPS) is 22.5. The van der Waals surface area contributed by atoms with E-state index in [2.05, 4.69) is 253 Å². The number of hydrogen-bond acceptors (Lipinski definition) is 8. The molecule has 12 nitrogen and oxygen atoms in total. The standard InChI is InChI=1S/C36H47N4O2S.C32H37N3O3S/c1-10-40(11-2)43(41,42)39(9)34-26(22-24-32-35(3,4)28-16-12-14-18-30(28)37(32)7)20-21-27(34)23-25-33-36(5,6)29-17-13-15-19-31(29)38(33)8;1-31(2)24-12-8-10-14-26(24)34(5)28(31)20-18-22-16-17-23(30(22)33-39(36,37)38-7)19-21-29-32(3,4)25-13-9-11-15-27(25)35(29)6/h12-19,22-25H,10-11,20-21H2,1-9H3;8-15,18-21H,16-17H2,1-7H3/q+1;/p+1/b;22-18+,28-20+. The largest absolute Gasteiger partial charge is 0.442 e. The van der Waals surface area contributed by atoms with Gasteiger partial charge in [0.25, 0.3) is 0 Å². The first-order chi connectivity index (χ1) is 38.7. The van der Waals surface area contributed by atoms with Crippen molar-refractivity contribution in [2.24, 2.45) is 0 Å². The van der Waals surface area contributed by atoms with Gasteiger partial charge in [0, 0.05) is 113 Å². The minimum absolute atomic E-state index is 0.156. The van der Waals surface area contributed by atoms with Crippen LogP contribution in [0.25, 0.3) is 0 Å². The summed E-state index contributed by atoms with van der Waals surface area (Å²) < 4.78 is 65.4. The predicted molar refractivity (Wildman–Crippen MR) is 339 cm³/mol. The van der Waals surface area contributed by atoms with Crippen LogP contribution in [0.3, 0.4) is 0 Å². The monoisotopic (exact) mass is 1140 g/mol. The van der Waals surface area contributed by atoms with Crippen LogP contribution >= 0.6 is 0 Å². The van der Waals surface area contributed by atoms with Gasteiger partial charge in [0.2, 0.25) is 11.4 Å². The minimum atomic E-state index is -3.93. The molecule has 0 bridgehead atoms. The van der Waals surface area contributed by atoms with Crippen LogP contribution in [-0.4, -0.2) is 96.6 Å². The molecule has 10 rings (SSSR count). The van der Waals surface area contributed by atoms with Crippen LogP contribution in [0.4, 0.5) is 22.7 Å². The smallest absolute Gasteiger partial charge is 0.347 e. The zero-order valence-electron chi connectivity index (χ0n) is 51.1. The van der Waals surface area contributed by atoms with E-state index < -0.39 is 20.5 Å². The van der Waals surface area contributed by atoms with Gasteiger partial charge in [0.05, 0.1) is 18.2 Å². The van der Waals surface area contributed by atoms with Crippen molar-refractivity contribution in [3.05, 3.63) is 213 Å². The Morgan fingerprint density at radius 3 is 1.35 bits per heavy atom. The molecule has 0 saturated heterocycles. The highest BCUT2D eigenvalue weighted by molar-refractivity contribution is 7.84. The Labute approximate surface area is 490 Å². The SMILES string of the molecule is CCN(CC)S(=O)(=O)[N+](C)=C1/C(=C/C=C2/N(C)c3ccccc3C2(C)C)CC/C1=C\C=C1\N(C)c2ccccc2C1(C)C.COS(=O)(=O)NC1=C(/C=C/C2=[N+](C)c3ccccc3C2(C)C)CC/C1=C\C=C1\N(C)c2ccccc2C1(C)C. The van der Waals surface area contributed by atoms with Crippen LogP contribution in [0.15, 0.2) is 191 Å². The highest BCUT2D eigenvalue weighted by Crippen LogP contribution is 2.50. The maximum absolute atomic E-state index is 13.8. The van der Waals surface area contributed by atoms with Gasteiger partial charge in [-0.25, -0.2) is 0 Å². The lowest BCUT2D eigenvalue weighted by Gasteiger charge is -2.24. The van der Waals surface area contributed by atoms with Gasteiger partial charge < -0.3 is 14.7 Å². The van der Waals surface area contributed by atoms with Crippen LogP contribution in [0.2, 0.25) is 0 Å². The van der Waals surface area contributed by atoms with Crippen molar-refractivity contribution in [1.29, 1.82) is 0 Å². The fourth-order valence-electron chi connectivity index (χ4n) is 13.6. The molecule has 0 aromatic heterocycles. The summed E-state index contributed by atoms with van der Waals surface area (Å²) >= 11 is 0. The second kappa shape index (κ2) is 22.4. The predicted octanol–water partition coefficient (Wildman–Crippen LogP) is 12.9. The van der Waals surface area contributed by atoms with Gasteiger partial charge >= 0.3 is 20.5 Å². The van der Waals surface area contributed by atoms with E-state index in [0.29, 0.717) is 18.8 Å². The molecule has 4 heterocycles. The molecule has 1 saturated carbocycles. The number of anilines is 3. The first kappa shape index (κ1) is 59.8. The van der Waals surface area contributed by atoms with Gasteiger partial charge in [-0.2, -0.15) is 13.0 Å². The Morgan fingerprint density at radius 2 is 0.951 bits per heavy atom. The fraction of sp³-hybridized carbons (Fsp3) is 0.382.